The summed E-state index contributed by atoms with van der Waals surface area (Å²) < 4.78 is 0. The second-order valence-corrected chi connectivity index (χ2v) is 5.86. The van der Waals surface area contributed by atoms with Crippen LogP contribution in [0, 0.1) is 6.92 Å². The Morgan fingerprint density at radius 3 is 2.70 bits per heavy atom. The Bertz CT molecular complexity index is 743. The van der Waals surface area contributed by atoms with E-state index >= 15 is 0 Å². The molecule has 1 aliphatic heterocycles. The molecule has 4 nitrogen and oxygen atoms in total. The van der Waals surface area contributed by atoms with E-state index in [0.29, 0.717) is 11.0 Å². The average molecular weight is 290 g/mol. The molecule has 0 aliphatic carbocycles. The number of halogens is 1. The predicted molar refractivity (Wildman–Crippen MR) is 80.3 cm³/mol. The maximum atomic E-state index is 12.5. The van der Waals surface area contributed by atoms with Crippen LogP contribution in [0.2, 0.25) is 5.15 Å². The SMILES string of the molecule is CCC1(C)C(=O)N(C)c2cc3nc(C)nc(Cl)c3cc21. The third-order valence-corrected chi connectivity index (χ3v) is 4.61. The zero-order valence-corrected chi connectivity index (χ0v) is 12.7. The van der Waals surface area contributed by atoms with E-state index in [4.69, 9.17) is 11.6 Å². The summed E-state index contributed by atoms with van der Waals surface area (Å²) in [4.78, 5) is 22.8. The Morgan fingerprint density at radius 1 is 1.35 bits per heavy atom. The highest BCUT2D eigenvalue weighted by Gasteiger charge is 2.44. The number of carbonyl (C=O) groups excluding carboxylic acids is 1. The van der Waals surface area contributed by atoms with Gasteiger partial charge >= 0.3 is 0 Å². The molecule has 1 aromatic heterocycles. The van der Waals surface area contributed by atoms with Crippen LogP contribution in [0.3, 0.4) is 0 Å². The van der Waals surface area contributed by atoms with Gasteiger partial charge in [0.1, 0.15) is 11.0 Å². The van der Waals surface area contributed by atoms with Crippen LogP contribution in [0.25, 0.3) is 10.9 Å². The molecule has 1 aliphatic rings. The average Bonchev–Trinajstić information content (AvgIpc) is 2.60. The zero-order chi connectivity index (χ0) is 14.7. The fraction of sp³-hybridized carbons (Fsp3) is 0.400. The molecule has 0 spiro atoms. The molecule has 2 heterocycles. The standard InChI is InChI=1S/C15H16ClN3O/c1-5-15(3)10-6-9-11(17-8(2)18-13(9)16)7-12(10)19(4)14(15)20/h6-7H,5H2,1-4H3. The molecule has 3 rings (SSSR count). The minimum absolute atomic E-state index is 0.117. The van der Waals surface area contributed by atoms with Crippen LogP contribution in [0.4, 0.5) is 5.69 Å². The number of benzene rings is 1. The van der Waals surface area contributed by atoms with Crippen molar-refractivity contribution in [2.24, 2.45) is 0 Å². The van der Waals surface area contributed by atoms with E-state index in [1.807, 2.05) is 40.0 Å². The van der Waals surface area contributed by atoms with Gasteiger partial charge in [0.05, 0.1) is 10.9 Å². The minimum atomic E-state index is -0.494. The molecule has 1 amide bonds. The zero-order valence-electron chi connectivity index (χ0n) is 12.0. The number of carbonyl (C=O) groups is 1. The van der Waals surface area contributed by atoms with Gasteiger partial charge in [0.25, 0.3) is 0 Å². The highest BCUT2D eigenvalue weighted by molar-refractivity contribution is 6.34. The number of hydrogen-bond donors (Lipinski definition) is 0. The molecule has 0 fully saturated rings. The second kappa shape index (κ2) is 4.16. The van der Waals surface area contributed by atoms with Crippen molar-refractivity contribution in [3.63, 3.8) is 0 Å². The fourth-order valence-corrected chi connectivity index (χ4v) is 3.17. The third kappa shape index (κ3) is 1.57. The molecule has 0 bridgehead atoms. The maximum Gasteiger partial charge on any atom is 0.237 e. The molecule has 0 saturated heterocycles. The largest absolute Gasteiger partial charge is 0.314 e. The van der Waals surface area contributed by atoms with Crippen molar-refractivity contribution in [2.45, 2.75) is 32.6 Å². The van der Waals surface area contributed by atoms with Gasteiger partial charge in [0.2, 0.25) is 5.91 Å². The van der Waals surface area contributed by atoms with Crippen molar-refractivity contribution in [1.29, 1.82) is 0 Å². The Kier molecular flexibility index (Phi) is 2.77. The van der Waals surface area contributed by atoms with E-state index in [1.165, 1.54) is 0 Å². The van der Waals surface area contributed by atoms with Crippen molar-refractivity contribution in [1.82, 2.24) is 9.97 Å². The Balaban J connectivity index is 2.38. The summed E-state index contributed by atoms with van der Waals surface area (Å²) in [5, 5.41) is 1.24. The number of fused-ring (bicyclic) bond motifs is 2. The summed E-state index contributed by atoms with van der Waals surface area (Å²) in [6.45, 7) is 5.81. The van der Waals surface area contributed by atoms with Gasteiger partial charge in [-0.1, -0.05) is 18.5 Å². The van der Waals surface area contributed by atoms with Crippen molar-refractivity contribution >= 4 is 34.1 Å². The topological polar surface area (TPSA) is 46.1 Å². The van der Waals surface area contributed by atoms with Crippen LogP contribution < -0.4 is 4.90 Å². The number of rotatable bonds is 1. The molecule has 0 N–H and O–H groups in total. The molecule has 0 radical (unpaired) electrons. The van der Waals surface area contributed by atoms with Crippen LogP contribution in [0.1, 0.15) is 31.7 Å². The Hall–Kier alpha value is -1.68. The molecule has 2 aromatic rings. The first-order valence-electron chi connectivity index (χ1n) is 6.65. The highest BCUT2D eigenvalue weighted by atomic mass is 35.5. The van der Waals surface area contributed by atoms with Gasteiger partial charge in [-0.15, -0.1) is 0 Å². The van der Waals surface area contributed by atoms with E-state index in [9.17, 15) is 4.79 Å². The van der Waals surface area contributed by atoms with Crippen molar-refractivity contribution < 1.29 is 4.79 Å². The quantitative estimate of drug-likeness (QED) is 0.757. The van der Waals surface area contributed by atoms with Crippen molar-refractivity contribution in [3.05, 3.63) is 28.7 Å². The molecule has 1 aromatic carbocycles. The monoisotopic (exact) mass is 289 g/mol. The number of likely N-dealkylation sites (N-methyl/N-ethyl adjacent to an activating group) is 1. The van der Waals surface area contributed by atoms with Gasteiger partial charge < -0.3 is 4.90 Å². The van der Waals surface area contributed by atoms with Crippen LogP contribution in [-0.2, 0) is 10.2 Å². The third-order valence-electron chi connectivity index (χ3n) is 4.32. The first-order valence-corrected chi connectivity index (χ1v) is 7.03. The molecule has 20 heavy (non-hydrogen) atoms. The first-order chi connectivity index (χ1) is 9.38. The lowest BCUT2D eigenvalue weighted by molar-refractivity contribution is -0.122. The lowest BCUT2D eigenvalue weighted by Crippen LogP contribution is -2.35. The summed E-state index contributed by atoms with van der Waals surface area (Å²) in [7, 11) is 1.81. The van der Waals surface area contributed by atoms with Crippen LogP contribution in [0.15, 0.2) is 12.1 Å². The number of aryl methyl sites for hydroxylation is 1. The summed E-state index contributed by atoms with van der Waals surface area (Å²) in [5.41, 5.74) is 2.21. The van der Waals surface area contributed by atoms with Crippen LogP contribution in [0.5, 0.6) is 0 Å². The first kappa shape index (κ1) is 13.3. The number of hydrogen-bond acceptors (Lipinski definition) is 3. The van der Waals surface area contributed by atoms with E-state index in [-0.39, 0.29) is 5.91 Å². The minimum Gasteiger partial charge on any atom is -0.314 e. The smallest absolute Gasteiger partial charge is 0.237 e. The summed E-state index contributed by atoms with van der Waals surface area (Å²) in [6.07, 6.45) is 0.749. The van der Waals surface area contributed by atoms with E-state index < -0.39 is 5.41 Å². The number of nitrogens with zero attached hydrogens (tertiary/aromatic N) is 3. The van der Waals surface area contributed by atoms with Gasteiger partial charge in [-0.25, -0.2) is 9.97 Å². The molecule has 1 unspecified atom stereocenters. The highest BCUT2D eigenvalue weighted by Crippen LogP contribution is 2.45. The van der Waals surface area contributed by atoms with Gasteiger partial charge in [-0.2, -0.15) is 0 Å². The summed E-state index contributed by atoms with van der Waals surface area (Å²) in [5.74, 6) is 0.749. The Morgan fingerprint density at radius 2 is 2.05 bits per heavy atom. The molecular formula is C15H16ClN3O. The van der Waals surface area contributed by atoms with Gasteiger partial charge in [0, 0.05) is 18.1 Å². The van der Waals surface area contributed by atoms with Crippen molar-refractivity contribution in [3.8, 4) is 0 Å². The molecular weight excluding hydrogens is 274 g/mol. The lowest BCUT2D eigenvalue weighted by Gasteiger charge is -2.20. The predicted octanol–water partition coefficient (Wildman–Crippen LogP) is 3.24. The Labute approximate surface area is 122 Å². The lowest BCUT2D eigenvalue weighted by atomic mass is 9.81. The van der Waals surface area contributed by atoms with Crippen LogP contribution in [-0.4, -0.2) is 22.9 Å². The normalized spacial score (nSPS) is 21.6. The van der Waals surface area contributed by atoms with E-state index in [0.717, 1.165) is 28.6 Å². The van der Waals surface area contributed by atoms with Gasteiger partial charge in [-0.3, -0.25) is 4.79 Å². The molecule has 104 valence electrons. The second-order valence-electron chi connectivity index (χ2n) is 5.50. The van der Waals surface area contributed by atoms with Gasteiger partial charge in [0.15, 0.2) is 0 Å². The molecule has 0 saturated carbocycles. The van der Waals surface area contributed by atoms with E-state index in [1.54, 1.807) is 4.90 Å². The molecule has 1 atom stereocenters. The summed E-state index contributed by atoms with van der Waals surface area (Å²) >= 11 is 6.22. The summed E-state index contributed by atoms with van der Waals surface area (Å²) in [6, 6.07) is 3.90. The van der Waals surface area contributed by atoms with Gasteiger partial charge in [-0.05, 0) is 38.0 Å². The number of anilines is 1. The van der Waals surface area contributed by atoms with E-state index in [2.05, 4.69) is 9.97 Å². The fourth-order valence-electron chi connectivity index (χ4n) is 2.89. The number of amides is 1. The maximum absolute atomic E-state index is 12.5. The van der Waals surface area contributed by atoms with Crippen LogP contribution >= 0.6 is 11.6 Å². The van der Waals surface area contributed by atoms with Crippen molar-refractivity contribution in [2.75, 3.05) is 11.9 Å². The number of aromatic nitrogens is 2. The molecule has 5 heteroatoms.